The first kappa shape index (κ1) is 20.4. The lowest BCUT2D eigenvalue weighted by Gasteiger charge is -2.19. The van der Waals surface area contributed by atoms with Crippen molar-refractivity contribution in [3.8, 4) is 0 Å². The second kappa shape index (κ2) is 9.75. The summed E-state index contributed by atoms with van der Waals surface area (Å²) < 4.78 is 3.03. The number of aromatic nitrogens is 1. The van der Waals surface area contributed by atoms with Gasteiger partial charge in [0.25, 0.3) is 5.91 Å². The topological polar surface area (TPSA) is 54.7 Å². The van der Waals surface area contributed by atoms with Crippen molar-refractivity contribution in [3.05, 3.63) is 28.0 Å². The Morgan fingerprint density at radius 1 is 1.19 bits per heavy atom. The molecule has 2 aromatic rings. The molecule has 0 N–H and O–H groups in total. The SMILES string of the molecule is CCn1c(=NC(=O)CSCC(=O)N2CCCCCC2)sc2cc(Cl)ccc21. The molecule has 1 saturated heterocycles. The summed E-state index contributed by atoms with van der Waals surface area (Å²) in [5, 5.41) is 0.674. The molecular formula is C19H24ClN3O2S2. The van der Waals surface area contributed by atoms with E-state index in [0.29, 0.717) is 15.6 Å². The zero-order chi connectivity index (χ0) is 19.2. The average Bonchev–Trinajstić information content (AvgIpc) is 2.81. The van der Waals surface area contributed by atoms with Crippen LogP contribution >= 0.6 is 34.7 Å². The van der Waals surface area contributed by atoms with Gasteiger partial charge in [0.1, 0.15) is 0 Å². The average molecular weight is 426 g/mol. The molecule has 0 unspecified atom stereocenters. The molecule has 0 radical (unpaired) electrons. The van der Waals surface area contributed by atoms with E-state index in [1.807, 2.05) is 34.6 Å². The van der Waals surface area contributed by atoms with Crippen LogP contribution in [0.3, 0.4) is 0 Å². The molecule has 8 heteroatoms. The minimum absolute atomic E-state index is 0.134. The number of halogens is 1. The van der Waals surface area contributed by atoms with E-state index in [1.165, 1.54) is 35.9 Å². The summed E-state index contributed by atoms with van der Waals surface area (Å²) >= 11 is 8.88. The number of carbonyl (C=O) groups is 2. The van der Waals surface area contributed by atoms with Crippen molar-refractivity contribution in [3.63, 3.8) is 0 Å². The van der Waals surface area contributed by atoms with Crippen molar-refractivity contribution < 1.29 is 9.59 Å². The van der Waals surface area contributed by atoms with Gasteiger partial charge in [0.05, 0.1) is 21.7 Å². The van der Waals surface area contributed by atoms with Crippen LogP contribution in [-0.2, 0) is 16.1 Å². The molecule has 5 nitrogen and oxygen atoms in total. The van der Waals surface area contributed by atoms with E-state index < -0.39 is 0 Å². The molecule has 0 atom stereocenters. The molecule has 0 aliphatic carbocycles. The van der Waals surface area contributed by atoms with Gasteiger partial charge in [-0.05, 0) is 38.0 Å². The second-order valence-corrected chi connectivity index (χ2v) is 8.97. The lowest BCUT2D eigenvalue weighted by atomic mass is 10.2. The number of benzene rings is 1. The number of fused-ring (bicyclic) bond motifs is 1. The molecule has 2 amide bonds. The van der Waals surface area contributed by atoms with Crippen LogP contribution in [0.1, 0.15) is 32.6 Å². The molecule has 146 valence electrons. The first-order chi connectivity index (χ1) is 13.1. The van der Waals surface area contributed by atoms with Crippen LogP contribution < -0.4 is 4.80 Å². The van der Waals surface area contributed by atoms with Gasteiger partial charge in [-0.25, -0.2) is 0 Å². The predicted octanol–water partition coefficient (Wildman–Crippen LogP) is 3.94. The number of aryl methyl sites for hydroxylation is 1. The molecule has 0 bridgehead atoms. The quantitative estimate of drug-likeness (QED) is 0.729. The fraction of sp³-hybridized carbons (Fsp3) is 0.526. The molecule has 0 spiro atoms. The van der Waals surface area contributed by atoms with Gasteiger partial charge < -0.3 is 9.47 Å². The smallest absolute Gasteiger partial charge is 0.258 e. The number of carbonyl (C=O) groups excluding carboxylic acids is 2. The highest BCUT2D eigenvalue weighted by atomic mass is 35.5. The Morgan fingerprint density at radius 2 is 1.93 bits per heavy atom. The van der Waals surface area contributed by atoms with Crippen molar-refractivity contribution >= 4 is 56.7 Å². The largest absolute Gasteiger partial charge is 0.342 e. The highest BCUT2D eigenvalue weighted by Gasteiger charge is 2.16. The van der Waals surface area contributed by atoms with E-state index >= 15 is 0 Å². The van der Waals surface area contributed by atoms with E-state index in [4.69, 9.17) is 11.6 Å². The van der Waals surface area contributed by atoms with Crippen LogP contribution in [0, 0.1) is 0 Å². The van der Waals surface area contributed by atoms with Gasteiger partial charge in [-0.1, -0.05) is 35.8 Å². The van der Waals surface area contributed by atoms with Crippen molar-refractivity contribution in [2.45, 2.75) is 39.2 Å². The van der Waals surface area contributed by atoms with Crippen LogP contribution in [0.4, 0.5) is 0 Å². The molecule has 1 aliphatic heterocycles. The summed E-state index contributed by atoms with van der Waals surface area (Å²) in [6.07, 6.45) is 4.56. The van der Waals surface area contributed by atoms with E-state index in [9.17, 15) is 9.59 Å². The number of thioether (sulfide) groups is 1. The number of hydrogen-bond donors (Lipinski definition) is 0. The Balaban J connectivity index is 1.61. The zero-order valence-electron chi connectivity index (χ0n) is 15.4. The van der Waals surface area contributed by atoms with E-state index in [-0.39, 0.29) is 17.6 Å². The Kier molecular flexibility index (Phi) is 7.38. The van der Waals surface area contributed by atoms with Gasteiger partial charge in [-0.3, -0.25) is 9.59 Å². The Bertz CT molecular complexity index is 883. The maximum Gasteiger partial charge on any atom is 0.258 e. The normalized spacial score (nSPS) is 15.9. The zero-order valence-corrected chi connectivity index (χ0v) is 17.8. The molecule has 0 saturated carbocycles. The van der Waals surface area contributed by atoms with Gasteiger partial charge in [-0.15, -0.1) is 11.8 Å². The van der Waals surface area contributed by atoms with Crippen LogP contribution in [0.25, 0.3) is 10.2 Å². The number of likely N-dealkylation sites (tertiary alicyclic amines) is 1. The van der Waals surface area contributed by atoms with Gasteiger partial charge in [-0.2, -0.15) is 4.99 Å². The number of hydrogen-bond acceptors (Lipinski definition) is 4. The number of thiazole rings is 1. The summed E-state index contributed by atoms with van der Waals surface area (Å²) in [5.74, 6) is 0.494. The van der Waals surface area contributed by atoms with Crippen molar-refractivity contribution in [2.75, 3.05) is 24.6 Å². The van der Waals surface area contributed by atoms with E-state index in [2.05, 4.69) is 4.99 Å². The third-order valence-corrected chi connectivity index (χ3v) is 6.77. The third-order valence-electron chi connectivity index (χ3n) is 4.59. The van der Waals surface area contributed by atoms with Crippen molar-refractivity contribution in [1.82, 2.24) is 9.47 Å². The minimum Gasteiger partial charge on any atom is -0.342 e. The fourth-order valence-corrected chi connectivity index (χ4v) is 5.30. The Hall–Kier alpha value is -1.31. The lowest BCUT2D eigenvalue weighted by Crippen LogP contribution is -2.33. The molecule has 1 aliphatic rings. The Morgan fingerprint density at radius 3 is 2.63 bits per heavy atom. The van der Waals surface area contributed by atoms with Crippen molar-refractivity contribution in [1.29, 1.82) is 0 Å². The second-order valence-electron chi connectivity index (χ2n) is 6.53. The standard InChI is InChI=1S/C19H24ClN3O2S2/c1-2-23-15-8-7-14(20)11-16(15)27-19(23)21-17(24)12-26-13-18(25)22-9-5-3-4-6-10-22/h7-8,11H,2-6,9-10,12-13H2,1H3. The molecule has 1 fully saturated rings. The molecule has 1 aromatic heterocycles. The predicted molar refractivity (Wildman–Crippen MR) is 113 cm³/mol. The van der Waals surface area contributed by atoms with Gasteiger partial charge in [0.2, 0.25) is 5.91 Å². The number of nitrogens with zero attached hydrogens (tertiary/aromatic N) is 3. The highest BCUT2D eigenvalue weighted by Crippen LogP contribution is 2.21. The molecule has 1 aromatic carbocycles. The monoisotopic (exact) mass is 425 g/mol. The number of rotatable bonds is 5. The van der Waals surface area contributed by atoms with E-state index in [1.54, 1.807) is 0 Å². The first-order valence-electron chi connectivity index (χ1n) is 9.30. The third kappa shape index (κ3) is 5.36. The summed E-state index contributed by atoms with van der Waals surface area (Å²) in [4.78, 5) is 31.5. The maximum absolute atomic E-state index is 12.3. The van der Waals surface area contributed by atoms with Crippen LogP contribution in [0.5, 0.6) is 0 Å². The first-order valence-corrected chi connectivity index (χ1v) is 11.7. The van der Waals surface area contributed by atoms with Crippen LogP contribution in [0.15, 0.2) is 23.2 Å². The lowest BCUT2D eigenvalue weighted by molar-refractivity contribution is -0.128. The summed E-state index contributed by atoms with van der Waals surface area (Å²) in [7, 11) is 0. The number of amides is 2. The van der Waals surface area contributed by atoms with Crippen LogP contribution in [0.2, 0.25) is 5.02 Å². The molecular weight excluding hydrogens is 402 g/mol. The van der Waals surface area contributed by atoms with Gasteiger partial charge in [0, 0.05) is 24.7 Å². The fourth-order valence-electron chi connectivity index (χ4n) is 3.21. The van der Waals surface area contributed by atoms with Crippen LogP contribution in [-0.4, -0.2) is 45.9 Å². The van der Waals surface area contributed by atoms with E-state index in [0.717, 1.165) is 42.7 Å². The summed E-state index contributed by atoms with van der Waals surface area (Å²) in [5.41, 5.74) is 1.03. The minimum atomic E-state index is -0.205. The molecule has 3 rings (SSSR count). The highest BCUT2D eigenvalue weighted by molar-refractivity contribution is 8.00. The molecule has 27 heavy (non-hydrogen) atoms. The Labute approximate surface area is 172 Å². The van der Waals surface area contributed by atoms with Gasteiger partial charge in [0.15, 0.2) is 4.80 Å². The van der Waals surface area contributed by atoms with Crippen molar-refractivity contribution in [2.24, 2.45) is 4.99 Å². The van der Waals surface area contributed by atoms with Gasteiger partial charge >= 0.3 is 0 Å². The summed E-state index contributed by atoms with van der Waals surface area (Å²) in [6, 6.07) is 5.69. The molecule has 2 heterocycles. The maximum atomic E-state index is 12.3. The summed E-state index contributed by atoms with van der Waals surface area (Å²) in [6.45, 7) is 4.45.